The van der Waals surface area contributed by atoms with Gasteiger partial charge < -0.3 is 10.1 Å². The van der Waals surface area contributed by atoms with Gasteiger partial charge in [-0.05, 0) is 66.2 Å². The topological polar surface area (TPSA) is 64.1 Å². The van der Waals surface area contributed by atoms with Crippen molar-refractivity contribution < 1.29 is 18.3 Å². The van der Waals surface area contributed by atoms with Crippen molar-refractivity contribution in [1.82, 2.24) is 15.3 Å². The van der Waals surface area contributed by atoms with Crippen LogP contribution in [0.25, 0.3) is 0 Å². The van der Waals surface area contributed by atoms with Gasteiger partial charge in [-0.3, -0.25) is 4.79 Å². The highest BCUT2D eigenvalue weighted by atomic mass is 32.2. The molecule has 0 aliphatic heterocycles. The van der Waals surface area contributed by atoms with Crippen LogP contribution in [0.4, 0.5) is 8.78 Å². The zero-order chi connectivity index (χ0) is 22.3. The highest BCUT2D eigenvalue weighted by molar-refractivity contribution is 7.99. The van der Waals surface area contributed by atoms with E-state index in [4.69, 9.17) is 4.74 Å². The summed E-state index contributed by atoms with van der Waals surface area (Å²) in [7, 11) is 0. The van der Waals surface area contributed by atoms with Gasteiger partial charge in [0.15, 0.2) is 5.03 Å². The Labute approximate surface area is 187 Å². The highest BCUT2D eigenvalue weighted by Crippen LogP contribution is 2.33. The number of nitrogens with one attached hydrogen (secondary N) is 1. The number of carbonyl (C=O) groups is 1. The SMILES string of the molecule is O=C(NCc1cccc(F)c1)c1ccc(Oc2nccnc2Sc2ccc(F)cc2)cc1. The summed E-state index contributed by atoms with van der Waals surface area (Å²) in [6.07, 6.45) is 3.06. The molecular formula is C24H17F2N3O2S. The smallest absolute Gasteiger partial charge is 0.252 e. The van der Waals surface area contributed by atoms with E-state index in [-0.39, 0.29) is 24.1 Å². The van der Waals surface area contributed by atoms with E-state index in [1.807, 2.05) is 0 Å². The van der Waals surface area contributed by atoms with Crippen LogP contribution in [0.1, 0.15) is 15.9 Å². The van der Waals surface area contributed by atoms with Gasteiger partial charge in [0, 0.05) is 29.4 Å². The first-order valence-electron chi connectivity index (χ1n) is 9.62. The molecule has 1 aromatic heterocycles. The van der Waals surface area contributed by atoms with Gasteiger partial charge in [-0.1, -0.05) is 23.9 Å². The van der Waals surface area contributed by atoms with Crippen molar-refractivity contribution in [1.29, 1.82) is 0 Å². The van der Waals surface area contributed by atoms with Gasteiger partial charge >= 0.3 is 0 Å². The monoisotopic (exact) mass is 449 g/mol. The number of aromatic nitrogens is 2. The van der Waals surface area contributed by atoms with Crippen LogP contribution >= 0.6 is 11.8 Å². The molecule has 0 bridgehead atoms. The van der Waals surface area contributed by atoms with Crippen molar-refractivity contribution in [3.63, 3.8) is 0 Å². The zero-order valence-electron chi connectivity index (χ0n) is 16.7. The van der Waals surface area contributed by atoms with Crippen molar-refractivity contribution in [2.75, 3.05) is 0 Å². The Hall–Kier alpha value is -3.78. The minimum absolute atomic E-state index is 0.221. The normalized spacial score (nSPS) is 10.6. The van der Waals surface area contributed by atoms with Crippen LogP contribution in [-0.2, 0) is 6.54 Å². The number of amides is 1. The first-order chi connectivity index (χ1) is 15.6. The Bertz CT molecular complexity index is 1220. The number of hydrogen-bond donors (Lipinski definition) is 1. The van der Waals surface area contributed by atoms with E-state index in [9.17, 15) is 13.6 Å². The molecule has 4 rings (SSSR count). The standard InChI is InChI=1S/C24H17F2N3O2S/c25-18-6-10-21(11-7-18)32-24-23(27-12-13-28-24)31-20-8-4-17(5-9-20)22(30)29-15-16-2-1-3-19(26)14-16/h1-14H,15H2,(H,29,30). The lowest BCUT2D eigenvalue weighted by molar-refractivity contribution is 0.0951. The van der Waals surface area contributed by atoms with E-state index in [2.05, 4.69) is 15.3 Å². The molecule has 0 fully saturated rings. The number of hydrogen-bond acceptors (Lipinski definition) is 5. The highest BCUT2D eigenvalue weighted by Gasteiger charge is 2.11. The lowest BCUT2D eigenvalue weighted by Crippen LogP contribution is -2.22. The molecule has 3 aromatic carbocycles. The zero-order valence-corrected chi connectivity index (χ0v) is 17.5. The van der Waals surface area contributed by atoms with Crippen LogP contribution in [0, 0.1) is 11.6 Å². The van der Waals surface area contributed by atoms with Crippen LogP contribution in [-0.4, -0.2) is 15.9 Å². The molecule has 5 nitrogen and oxygen atoms in total. The molecule has 8 heteroatoms. The summed E-state index contributed by atoms with van der Waals surface area (Å²) < 4.78 is 32.2. The molecule has 1 amide bonds. The summed E-state index contributed by atoms with van der Waals surface area (Å²) in [5.74, 6) is -0.171. The van der Waals surface area contributed by atoms with Crippen molar-refractivity contribution in [3.05, 3.63) is 108 Å². The third-order valence-corrected chi connectivity index (χ3v) is 5.32. The van der Waals surface area contributed by atoms with Gasteiger partial charge in [-0.25, -0.2) is 18.7 Å². The van der Waals surface area contributed by atoms with E-state index in [0.29, 0.717) is 27.8 Å². The third-order valence-electron chi connectivity index (χ3n) is 4.33. The van der Waals surface area contributed by atoms with Crippen LogP contribution < -0.4 is 10.1 Å². The quantitative estimate of drug-likeness (QED) is 0.396. The molecule has 0 aliphatic rings. The lowest BCUT2D eigenvalue weighted by atomic mass is 10.2. The molecule has 1 N–H and O–H groups in total. The number of ether oxygens (including phenoxy) is 1. The Morgan fingerprint density at radius 2 is 1.66 bits per heavy atom. The number of halogens is 2. The minimum atomic E-state index is -0.348. The van der Waals surface area contributed by atoms with Crippen LogP contribution in [0.3, 0.4) is 0 Å². The van der Waals surface area contributed by atoms with Crippen molar-refractivity contribution >= 4 is 17.7 Å². The van der Waals surface area contributed by atoms with E-state index >= 15 is 0 Å². The summed E-state index contributed by atoms with van der Waals surface area (Å²) in [5.41, 5.74) is 1.11. The second kappa shape index (κ2) is 10.0. The van der Waals surface area contributed by atoms with Crippen LogP contribution in [0.15, 0.2) is 95.1 Å². The van der Waals surface area contributed by atoms with Crippen molar-refractivity contribution in [2.24, 2.45) is 0 Å². The summed E-state index contributed by atoms with van der Waals surface area (Å²) >= 11 is 1.30. The molecule has 0 unspecified atom stereocenters. The first-order valence-corrected chi connectivity index (χ1v) is 10.4. The molecule has 0 saturated heterocycles. The fraction of sp³-hybridized carbons (Fsp3) is 0.0417. The van der Waals surface area contributed by atoms with Crippen LogP contribution in [0.2, 0.25) is 0 Å². The Balaban J connectivity index is 1.40. The molecule has 4 aromatic rings. The number of rotatable bonds is 7. The maximum Gasteiger partial charge on any atom is 0.252 e. The molecular weight excluding hydrogens is 432 g/mol. The van der Waals surface area contributed by atoms with Gasteiger partial charge in [0.05, 0.1) is 0 Å². The summed E-state index contributed by atoms with van der Waals surface area (Å²) in [6.45, 7) is 0.221. The lowest BCUT2D eigenvalue weighted by Gasteiger charge is -2.10. The second-order valence-corrected chi connectivity index (χ2v) is 7.72. The number of benzene rings is 3. The van der Waals surface area contributed by atoms with Crippen molar-refractivity contribution in [3.8, 4) is 11.6 Å². The summed E-state index contributed by atoms with van der Waals surface area (Å²) in [6, 6.07) is 18.7. The fourth-order valence-electron chi connectivity index (χ4n) is 2.78. The van der Waals surface area contributed by atoms with Crippen molar-refractivity contribution in [2.45, 2.75) is 16.5 Å². The predicted molar refractivity (Wildman–Crippen MR) is 117 cm³/mol. The molecule has 0 radical (unpaired) electrons. The molecule has 0 atom stereocenters. The van der Waals surface area contributed by atoms with E-state index in [1.165, 1.54) is 42.2 Å². The summed E-state index contributed by atoms with van der Waals surface area (Å²) in [5, 5.41) is 3.28. The van der Waals surface area contributed by atoms with E-state index in [1.54, 1.807) is 54.7 Å². The molecule has 0 saturated carbocycles. The van der Waals surface area contributed by atoms with Gasteiger partial charge in [-0.15, -0.1) is 0 Å². The second-order valence-electron chi connectivity index (χ2n) is 6.66. The molecule has 1 heterocycles. The maximum atomic E-state index is 13.3. The molecule has 0 aliphatic carbocycles. The van der Waals surface area contributed by atoms with E-state index in [0.717, 1.165) is 4.90 Å². The summed E-state index contributed by atoms with van der Waals surface area (Å²) in [4.78, 5) is 21.7. The largest absolute Gasteiger partial charge is 0.437 e. The predicted octanol–water partition coefficient (Wildman–Crippen LogP) is 5.63. The average Bonchev–Trinajstić information content (AvgIpc) is 2.81. The van der Waals surface area contributed by atoms with Gasteiger partial charge in [0.25, 0.3) is 11.8 Å². The molecule has 32 heavy (non-hydrogen) atoms. The van der Waals surface area contributed by atoms with E-state index < -0.39 is 0 Å². The van der Waals surface area contributed by atoms with Crippen LogP contribution in [0.5, 0.6) is 11.6 Å². The fourth-order valence-corrected chi connectivity index (χ4v) is 3.57. The van der Waals surface area contributed by atoms with Gasteiger partial charge in [0.1, 0.15) is 17.4 Å². The molecule has 160 valence electrons. The first kappa shape index (κ1) is 21.5. The third kappa shape index (κ3) is 5.67. The molecule has 0 spiro atoms. The number of carbonyl (C=O) groups excluding carboxylic acids is 1. The van der Waals surface area contributed by atoms with Gasteiger partial charge in [0.2, 0.25) is 0 Å². The Morgan fingerprint density at radius 1 is 0.906 bits per heavy atom. The average molecular weight is 449 g/mol. The number of nitrogens with zero attached hydrogens (tertiary/aromatic N) is 2. The maximum absolute atomic E-state index is 13.3. The minimum Gasteiger partial charge on any atom is -0.437 e. The Morgan fingerprint density at radius 3 is 2.41 bits per heavy atom. The van der Waals surface area contributed by atoms with Gasteiger partial charge in [-0.2, -0.15) is 0 Å². The Kier molecular flexibility index (Phi) is 6.72.